The molecule has 5 heteroatoms. The van der Waals surface area contributed by atoms with Crippen LogP contribution in [0.4, 0.5) is 11.5 Å². The number of nitriles is 1. The largest absolute Gasteiger partial charge is 0.395 e. The zero-order valence-electron chi connectivity index (χ0n) is 10.1. The van der Waals surface area contributed by atoms with Crippen LogP contribution < -0.4 is 10.6 Å². The first-order chi connectivity index (χ1) is 8.72. The summed E-state index contributed by atoms with van der Waals surface area (Å²) < 4.78 is 0. The van der Waals surface area contributed by atoms with Crippen LogP contribution in [0.1, 0.15) is 10.4 Å². The summed E-state index contributed by atoms with van der Waals surface area (Å²) >= 11 is 1.74. The van der Waals surface area contributed by atoms with Crippen molar-refractivity contribution in [2.24, 2.45) is 0 Å². The van der Waals surface area contributed by atoms with Gasteiger partial charge in [-0.1, -0.05) is 6.07 Å². The zero-order valence-corrected chi connectivity index (χ0v) is 10.9. The highest BCUT2D eigenvalue weighted by atomic mass is 32.1. The fraction of sp³-hybridized carbons (Fsp3) is 0.231. The molecule has 4 nitrogen and oxygen atoms in total. The highest BCUT2D eigenvalue weighted by Gasteiger charge is 2.10. The molecule has 0 saturated heterocycles. The minimum Gasteiger partial charge on any atom is -0.395 e. The summed E-state index contributed by atoms with van der Waals surface area (Å²) in [5, 5.41) is 11.0. The molecule has 0 amide bonds. The second-order valence-corrected chi connectivity index (χ2v) is 4.99. The summed E-state index contributed by atoms with van der Waals surface area (Å²) in [6.45, 7) is 0.826. The zero-order chi connectivity index (χ0) is 13.0. The summed E-state index contributed by atoms with van der Waals surface area (Å²) in [6, 6.07) is 7.86. The van der Waals surface area contributed by atoms with E-state index < -0.39 is 0 Å². The average molecular weight is 258 g/mol. The van der Waals surface area contributed by atoms with Crippen LogP contribution in [0.2, 0.25) is 0 Å². The van der Waals surface area contributed by atoms with Crippen LogP contribution in [-0.4, -0.2) is 18.6 Å². The number of aromatic nitrogens is 1. The maximum absolute atomic E-state index is 8.93. The quantitative estimate of drug-likeness (QED) is 0.913. The van der Waals surface area contributed by atoms with Crippen LogP contribution in [-0.2, 0) is 6.42 Å². The third kappa shape index (κ3) is 2.60. The van der Waals surface area contributed by atoms with Crippen LogP contribution in [0.5, 0.6) is 0 Å². The Morgan fingerprint density at radius 1 is 1.50 bits per heavy atom. The second-order valence-electron chi connectivity index (χ2n) is 3.96. The van der Waals surface area contributed by atoms with Crippen molar-refractivity contribution < 1.29 is 0 Å². The Labute approximate surface area is 110 Å². The van der Waals surface area contributed by atoms with Crippen molar-refractivity contribution in [1.82, 2.24) is 4.98 Å². The van der Waals surface area contributed by atoms with Crippen molar-refractivity contribution in [2.45, 2.75) is 6.42 Å². The Morgan fingerprint density at radius 2 is 2.33 bits per heavy atom. The van der Waals surface area contributed by atoms with Gasteiger partial charge in [-0.15, -0.1) is 11.3 Å². The van der Waals surface area contributed by atoms with E-state index in [-0.39, 0.29) is 0 Å². The molecule has 0 unspecified atom stereocenters. The molecule has 2 rings (SSSR count). The number of pyridine rings is 1. The molecule has 0 aromatic carbocycles. The van der Waals surface area contributed by atoms with Gasteiger partial charge in [0.25, 0.3) is 0 Å². The lowest BCUT2D eigenvalue weighted by Gasteiger charge is -2.19. The second kappa shape index (κ2) is 5.52. The third-order valence-electron chi connectivity index (χ3n) is 2.72. The predicted octanol–water partition coefficient (Wildman–Crippen LogP) is 2.28. The molecular weight excluding hydrogens is 244 g/mol. The van der Waals surface area contributed by atoms with Gasteiger partial charge in [0, 0.05) is 24.7 Å². The van der Waals surface area contributed by atoms with Crippen LogP contribution >= 0.6 is 11.3 Å². The fourth-order valence-electron chi connectivity index (χ4n) is 1.70. The predicted molar refractivity (Wildman–Crippen MR) is 74.7 cm³/mol. The highest BCUT2D eigenvalue weighted by Crippen LogP contribution is 2.22. The molecule has 2 heterocycles. The normalized spacial score (nSPS) is 10.0. The number of hydrogen-bond acceptors (Lipinski definition) is 5. The summed E-state index contributed by atoms with van der Waals surface area (Å²) in [4.78, 5) is 7.55. The molecule has 18 heavy (non-hydrogen) atoms. The first-order valence-electron chi connectivity index (χ1n) is 5.60. The maximum Gasteiger partial charge on any atom is 0.152 e. The minimum absolute atomic E-state index is 0.452. The number of nitrogens with zero attached hydrogens (tertiary/aromatic N) is 3. The molecule has 0 fully saturated rings. The van der Waals surface area contributed by atoms with Crippen molar-refractivity contribution in [1.29, 1.82) is 5.26 Å². The number of nitrogens with two attached hydrogens (primary N) is 1. The molecule has 0 aliphatic carbocycles. The molecule has 0 aliphatic heterocycles. The van der Waals surface area contributed by atoms with Crippen LogP contribution in [0, 0.1) is 11.3 Å². The highest BCUT2D eigenvalue weighted by molar-refractivity contribution is 7.09. The molecule has 2 aromatic heterocycles. The first-order valence-corrected chi connectivity index (χ1v) is 6.48. The molecule has 0 aliphatic rings. The van der Waals surface area contributed by atoms with Crippen molar-refractivity contribution in [3.05, 3.63) is 40.2 Å². The van der Waals surface area contributed by atoms with E-state index in [9.17, 15) is 0 Å². The molecule has 92 valence electrons. The molecule has 0 saturated carbocycles. The molecule has 0 bridgehead atoms. The van der Waals surface area contributed by atoms with Gasteiger partial charge < -0.3 is 10.6 Å². The average Bonchev–Trinajstić information content (AvgIpc) is 2.89. The van der Waals surface area contributed by atoms with E-state index in [0.29, 0.717) is 17.1 Å². The topological polar surface area (TPSA) is 65.9 Å². The third-order valence-corrected chi connectivity index (χ3v) is 3.66. The van der Waals surface area contributed by atoms with E-state index in [1.165, 1.54) is 4.88 Å². The van der Waals surface area contributed by atoms with E-state index in [1.54, 1.807) is 23.6 Å². The number of rotatable bonds is 4. The smallest absolute Gasteiger partial charge is 0.152 e. The number of likely N-dealkylation sites (N-methyl/N-ethyl adjacent to an activating group) is 1. The van der Waals surface area contributed by atoms with Crippen molar-refractivity contribution in [3.63, 3.8) is 0 Å². The molecule has 0 atom stereocenters. The monoisotopic (exact) mass is 258 g/mol. The van der Waals surface area contributed by atoms with E-state index in [4.69, 9.17) is 11.0 Å². The number of thiophene rings is 1. The summed E-state index contributed by atoms with van der Waals surface area (Å²) in [7, 11) is 1.94. The van der Waals surface area contributed by atoms with Gasteiger partial charge in [-0.2, -0.15) is 5.26 Å². The van der Waals surface area contributed by atoms with E-state index in [1.807, 2.05) is 18.0 Å². The standard InChI is InChI=1S/C13H14N4S/c1-17(7-5-11-3-2-8-18-11)13-12(15)10(9-14)4-6-16-13/h2-4,6,8H,5,7,15H2,1H3. The van der Waals surface area contributed by atoms with Crippen molar-refractivity contribution >= 4 is 22.8 Å². The van der Waals surface area contributed by atoms with Crippen molar-refractivity contribution in [2.75, 3.05) is 24.2 Å². The molecule has 0 radical (unpaired) electrons. The van der Waals surface area contributed by atoms with Gasteiger partial charge in [0.1, 0.15) is 6.07 Å². The van der Waals surface area contributed by atoms with Crippen LogP contribution in [0.25, 0.3) is 0 Å². The molecular formula is C13H14N4S. The molecule has 2 N–H and O–H groups in total. The molecule has 0 spiro atoms. The van der Waals surface area contributed by atoms with Gasteiger partial charge >= 0.3 is 0 Å². The maximum atomic E-state index is 8.93. The Kier molecular flexibility index (Phi) is 3.80. The SMILES string of the molecule is CN(CCc1cccs1)c1nccc(C#N)c1N. The Bertz CT molecular complexity index is 557. The summed E-state index contributed by atoms with van der Waals surface area (Å²) in [5.41, 5.74) is 6.85. The summed E-state index contributed by atoms with van der Waals surface area (Å²) in [6.07, 6.45) is 2.57. The molecule has 2 aromatic rings. The van der Waals surface area contributed by atoms with Crippen molar-refractivity contribution in [3.8, 4) is 6.07 Å². The van der Waals surface area contributed by atoms with Gasteiger partial charge in [0.15, 0.2) is 5.82 Å². The number of nitrogen functional groups attached to an aromatic ring is 1. The Balaban J connectivity index is 2.09. The Hall–Kier alpha value is -2.06. The Morgan fingerprint density at radius 3 is 3.00 bits per heavy atom. The van der Waals surface area contributed by atoms with Crippen LogP contribution in [0.3, 0.4) is 0 Å². The van der Waals surface area contributed by atoms with Gasteiger partial charge in [0.2, 0.25) is 0 Å². The lowest BCUT2D eigenvalue weighted by Crippen LogP contribution is -2.22. The van der Waals surface area contributed by atoms with Gasteiger partial charge in [-0.3, -0.25) is 0 Å². The van der Waals surface area contributed by atoms with Gasteiger partial charge in [-0.25, -0.2) is 4.98 Å². The first kappa shape index (κ1) is 12.4. The van der Waals surface area contributed by atoms with E-state index >= 15 is 0 Å². The van der Waals surface area contributed by atoms with E-state index in [0.717, 1.165) is 13.0 Å². The number of anilines is 2. The lowest BCUT2D eigenvalue weighted by molar-refractivity contribution is 0.870. The minimum atomic E-state index is 0.452. The van der Waals surface area contributed by atoms with Crippen LogP contribution in [0.15, 0.2) is 29.8 Å². The summed E-state index contributed by atoms with van der Waals surface area (Å²) in [5.74, 6) is 0.672. The van der Waals surface area contributed by atoms with Gasteiger partial charge in [-0.05, 0) is 23.9 Å². The lowest BCUT2D eigenvalue weighted by atomic mass is 10.2. The fourth-order valence-corrected chi connectivity index (χ4v) is 2.40. The number of hydrogen-bond donors (Lipinski definition) is 1. The van der Waals surface area contributed by atoms with E-state index in [2.05, 4.69) is 22.5 Å². The van der Waals surface area contributed by atoms with Gasteiger partial charge in [0.05, 0.1) is 11.3 Å².